The lowest BCUT2D eigenvalue weighted by Crippen LogP contribution is -2.61. The molecule has 0 saturated heterocycles. The monoisotopic (exact) mass is 1660 g/mol. The molecule has 0 atom stereocenters. The van der Waals surface area contributed by atoms with Gasteiger partial charge in [0.05, 0.1) is 58.3 Å². The minimum atomic E-state index is -2.19. The molecule has 19 aromatic rings. The Hall–Kier alpha value is -14.0. The standard InChI is InChI=1S/C123H107BN4/c1-118(2,3)86-54-62-106(96(70-86)79-39-24-17-25-40-79)127-112-75-91(125-107-63-55-87(119(4,5)6)71-99(107)100-72-88(120(7,8)9)56-64-108(100)125)59-60-104(112)124-105-69-82(93-50-36-51-95-94-49-34-35-52-103(94)123(115(93)95,84-45-30-20-31-46-84)85-47-32-21-33-48-85)53-61-111(105)128(117-97(80-41-26-18-27-42-80)67-83(78-37-22-16-23-38-78)68-98(117)81-43-28-19-29-44-81)114-77-92(76-113(127)116(114)124)126-109-65-57-89(121(10,11)12)73-101(109)102-74-90(122(13,14)15)58-66-110(102)126/h16-77H,1-15H3/i20D,21D,30D,31D,32D,33D,45D,46D,47D,48D. The Labute approximate surface area is 769 Å². The second kappa shape index (κ2) is 29.6. The van der Waals surface area contributed by atoms with Gasteiger partial charge in [0, 0.05) is 66.7 Å². The molecule has 2 aliphatic heterocycles. The van der Waals surface area contributed by atoms with E-state index in [2.05, 4.69) is 396 Å². The number of hydrogen-bond donors (Lipinski definition) is 0. The Morgan fingerprint density at radius 2 is 0.656 bits per heavy atom. The number of fused-ring (bicyclic) bond motifs is 13. The highest BCUT2D eigenvalue weighted by atomic mass is 15.2. The minimum absolute atomic E-state index is 0.169. The maximum Gasteiger partial charge on any atom is 0.252 e. The van der Waals surface area contributed by atoms with Gasteiger partial charge in [-0.15, -0.1) is 0 Å². The zero-order chi connectivity index (χ0) is 96.5. The second-order valence-corrected chi connectivity index (χ2v) is 40.5. The van der Waals surface area contributed by atoms with Crippen molar-refractivity contribution in [3.05, 3.63) is 426 Å². The van der Waals surface area contributed by atoms with Crippen LogP contribution in [0.3, 0.4) is 0 Å². The molecule has 128 heavy (non-hydrogen) atoms. The molecule has 22 rings (SSSR count). The average molecular weight is 1660 g/mol. The van der Waals surface area contributed by atoms with Crippen LogP contribution in [-0.2, 0) is 32.5 Å². The quantitative estimate of drug-likeness (QED) is 0.120. The van der Waals surface area contributed by atoms with E-state index in [1.165, 1.54) is 27.8 Å². The molecule has 4 heterocycles. The molecule has 4 nitrogen and oxygen atoms in total. The van der Waals surface area contributed by atoms with Crippen LogP contribution in [-0.4, -0.2) is 15.8 Å². The fraction of sp³-hybridized carbons (Fsp3) is 0.171. The summed E-state index contributed by atoms with van der Waals surface area (Å²) in [5.74, 6) is 0. The molecule has 622 valence electrons. The van der Waals surface area contributed by atoms with Gasteiger partial charge in [0.1, 0.15) is 0 Å². The molecule has 0 N–H and O–H groups in total. The van der Waals surface area contributed by atoms with E-state index in [1.54, 1.807) is 0 Å². The van der Waals surface area contributed by atoms with Crippen molar-refractivity contribution in [2.75, 3.05) is 9.80 Å². The number of rotatable bonds is 11. The third-order valence-electron chi connectivity index (χ3n) is 27.5. The Morgan fingerprint density at radius 3 is 1.14 bits per heavy atom. The van der Waals surface area contributed by atoms with Crippen molar-refractivity contribution < 1.29 is 13.7 Å². The summed E-state index contributed by atoms with van der Waals surface area (Å²) in [7, 11) is 0. The first-order chi connectivity index (χ1) is 65.8. The van der Waals surface area contributed by atoms with Crippen LogP contribution in [0.4, 0.5) is 34.1 Å². The average Bonchev–Trinajstić information content (AvgIpc) is 1.46. The van der Waals surface area contributed by atoms with Crippen LogP contribution in [0.15, 0.2) is 376 Å². The van der Waals surface area contributed by atoms with Gasteiger partial charge in [-0.3, -0.25) is 0 Å². The first-order valence-electron chi connectivity index (χ1n) is 50.0. The third-order valence-corrected chi connectivity index (χ3v) is 27.5. The van der Waals surface area contributed by atoms with Crippen LogP contribution in [0.5, 0.6) is 0 Å². The molecular formula is C123H107BN4. The first-order valence-corrected chi connectivity index (χ1v) is 45.0. The molecule has 0 fully saturated rings. The predicted octanol–water partition coefficient (Wildman–Crippen LogP) is 31.1. The maximum atomic E-state index is 10.3. The molecule has 0 bridgehead atoms. The highest BCUT2D eigenvalue weighted by Crippen LogP contribution is 2.61. The van der Waals surface area contributed by atoms with Crippen LogP contribution < -0.4 is 26.2 Å². The lowest BCUT2D eigenvalue weighted by Gasteiger charge is -2.46. The van der Waals surface area contributed by atoms with Gasteiger partial charge in [-0.2, -0.15) is 0 Å². The van der Waals surface area contributed by atoms with Gasteiger partial charge in [0.2, 0.25) is 0 Å². The summed E-state index contributed by atoms with van der Waals surface area (Å²) in [4.78, 5) is 5.15. The third kappa shape index (κ3) is 12.8. The molecule has 5 heteroatoms. The number of aromatic nitrogens is 2. The number of hydrogen-bond acceptors (Lipinski definition) is 2. The highest BCUT2D eigenvalue weighted by Gasteiger charge is 2.50. The van der Waals surface area contributed by atoms with Crippen molar-refractivity contribution in [1.29, 1.82) is 0 Å². The molecule has 0 spiro atoms. The van der Waals surface area contributed by atoms with Crippen LogP contribution in [0.2, 0.25) is 0 Å². The maximum absolute atomic E-state index is 10.3. The molecule has 0 saturated carbocycles. The Bertz CT molecular complexity index is 8020. The molecular weight excluding hydrogens is 1540 g/mol. The van der Waals surface area contributed by atoms with Crippen molar-refractivity contribution in [2.45, 2.75) is 136 Å². The fourth-order valence-electron chi connectivity index (χ4n) is 20.9. The van der Waals surface area contributed by atoms with Gasteiger partial charge in [-0.25, -0.2) is 0 Å². The van der Waals surface area contributed by atoms with Gasteiger partial charge >= 0.3 is 0 Å². The SMILES string of the molecule is [2H]c1c([2H])c([2H])c(C2(c3c([2H])c([2H])c([2H])c([2H])c3[2H])c3ccccc3-c3cccc(-c4ccc5c(c4)B4c6ccc(-n7c8ccc(C(C)(C)C)cc8c8cc(C(C)(C)C)ccc87)cc6N(c6ccc(C(C)(C)C)cc6-c6ccccc6)c6cc(-n7c8ccc(C(C)(C)C)cc8c8cc(C(C)(C)C)ccc87)cc(c64)N5c4c(-c5ccccc5)cc(-c5ccccc5)cc4-c4ccccc4)c32)c([2H])c1[2H]. The number of benzene rings is 17. The van der Waals surface area contributed by atoms with E-state index in [1.807, 2.05) is 42.5 Å². The van der Waals surface area contributed by atoms with E-state index >= 15 is 0 Å². The summed E-state index contributed by atoms with van der Waals surface area (Å²) in [6, 6.07) is 109. The molecule has 0 radical (unpaired) electrons. The van der Waals surface area contributed by atoms with Crippen molar-refractivity contribution >= 4 is 101 Å². The van der Waals surface area contributed by atoms with Gasteiger partial charge in [0.25, 0.3) is 6.71 Å². The number of anilines is 6. The fourth-order valence-corrected chi connectivity index (χ4v) is 20.9. The summed E-state index contributed by atoms with van der Waals surface area (Å²) in [6.45, 7) is 33.7. The lowest BCUT2D eigenvalue weighted by atomic mass is 9.33. The van der Waals surface area contributed by atoms with Gasteiger partial charge in [0.15, 0.2) is 0 Å². The van der Waals surface area contributed by atoms with Crippen molar-refractivity contribution in [2.24, 2.45) is 0 Å². The van der Waals surface area contributed by atoms with E-state index in [9.17, 15) is 13.7 Å². The minimum Gasteiger partial charge on any atom is -0.311 e. The number of nitrogens with zero attached hydrogens (tertiary/aromatic N) is 4. The largest absolute Gasteiger partial charge is 0.311 e. The van der Waals surface area contributed by atoms with Gasteiger partial charge in [-0.05, 0) is 247 Å². The Balaban J connectivity index is 0.952. The summed E-state index contributed by atoms with van der Waals surface area (Å²) in [5.41, 5.74) is 28.0. The van der Waals surface area contributed by atoms with E-state index < -0.39 is 72.6 Å². The van der Waals surface area contributed by atoms with E-state index in [4.69, 9.17) is 0 Å². The van der Waals surface area contributed by atoms with Crippen LogP contribution in [0.25, 0.3) is 122 Å². The van der Waals surface area contributed by atoms with E-state index in [0.29, 0.717) is 33.4 Å². The second-order valence-electron chi connectivity index (χ2n) is 40.5. The lowest BCUT2D eigenvalue weighted by molar-refractivity contribution is 0.590. The van der Waals surface area contributed by atoms with Crippen LogP contribution in [0, 0.1) is 0 Å². The molecule has 1 aliphatic carbocycles. The summed E-state index contributed by atoms with van der Waals surface area (Å²) < 4.78 is 103. The van der Waals surface area contributed by atoms with Crippen molar-refractivity contribution in [3.8, 4) is 78.1 Å². The topological polar surface area (TPSA) is 16.3 Å². The van der Waals surface area contributed by atoms with Crippen molar-refractivity contribution in [1.82, 2.24) is 9.13 Å². The molecule has 0 amide bonds. The van der Waals surface area contributed by atoms with E-state index in [-0.39, 0.29) is 38.2 Å². The van der Waals surface area contributed by atoms with Gasteiger partial charge in [-0.1, -0.05) is 377 Å². The normalized spacial score (nSPS) is 14.7. The smallest absolute Gasteiger partial charge is 0.252 e. The molecule has 17 aromatic carbocycles. The van der Waals surface area contributed by atoms with Crippen molar-refractivity contribution in [3.63, 3.8) is 0 Å². The zero-order valence-electron chi connectivity index (χ0n) is 85.4. The predicted molar refractivity (Wildman–Crippen MR) is 547 cm³/mol. The summed E-state index contributed by atoms with van der Waals surface area (Å²) in [6.07, 6.45) is 0. The summed E-state index contributed by atoms with van der Waals surface area (Å²) >= 11 is 0. The molecule has 0 unspecified atom stereocenters. The Kier molecular flexibility index (Phi) is 16.0. The Morgan fingerprint density at radius 1 is 0.258 bits per heavy atom. The highest BCUT2D eigenvalue weighted by molar-refractivity contribution is 7.00. The van der Waals surface area contributed by atoms with Crippen LogP contribution >= 0.6 is 0 Å². The molecule has 2 aromatic heterocycles. The van der Waals surface area contributed by atoms with E-state index in [0.717, 1.165) is 150 Å². The van der Waals surface area contributed by atoms with Gasteiger partial charge < -0.3 is 18.9 Å². The van der Waals surface area contributed by atoms with Crippen LogP contribution in [0.1, 0.15) is 168 Å². The first kappa shape index (κ1) is 69.2. The zero-order valence-corrected chi connectivity index (χ0v) is 75.4. The molecule has 3 aliphatic rings. The summed E-state index contributed by atoms with van der Waals surface area (Å²) in [5, 5.41) is 4.59.